The SMILES string of the molecule is NS(=O)(=O)c1ccc(-c2ccc(CNC(=O)Cn3c(-c4ncco4)cc4cc(F)ccc43)nc2)nc1. The van der Waals surface area contributed by atoms with Gasteiger partial charge < -0.3 is 14.3 Å². The van der Waals surface area contributed by atoms with E-state index in [0.29, 0.717) is 39.4 Å². The molecule has 0 aliphatic carbocycles. The number of primary sulfonamides is 1. The van der Waals surface area contributed by atoms with Crippen molar-refractivity contribution in [3.63, 3.8) is 0 Å². The number of hydrogen-bond acceptors (Lipinski definition) is 7. The zero-order valence-electron chi connectivity index (χ0n) is 18.6. The lowest BCUT2D eigenvalue weighted by Crippen LogP contribution is -2.27. The Kier molecular flexibility index (Phi) is 6.04. The number of halogens is 1. The summed E-state index contributed by atoms with van der Waals surface area (Å²) in [6.45, 7) is 0.143. The monoisotopic (exact) mass is 506 g/mol. The number of rotatable bonds is 7. The van der Waals surface area contributed by atoms with Gasteiger partial charge in [0.05, 0.1) is 24.1 Å². The molecule has 4 aromatic heterocycles. The molecule has 182 valence electrons. The van der Waals surface area contributed by atoms with Gasteiger partial charge in [0.25, 0.3) is 0 Å². The van der Waals surface area contributed by atoms with Crippen LogP contribution in [0.15, 0.2) is 82.7 Å². The summed E-state index contributed by atoms with van der Waals surface area (Å²) in [7, 11) is -3.82. The van der Waals surface area contributed by atoms with Crippen molar-refractivity contribution < 1.29 is 22.0 Å². The van der Waals surface area contributed by atoms with Crippen molar-refractivity contribution in [2.45, 2.75) is 18.0 Å². The van der Waals surface area contributed by atoms with Crippen molar-refractivity contribution in [1.29, 1.82) is 0 Å². The van der Waals surface area contributed by atoms with E-state index in [1.807, 2.05) is 0 Å². The van der Waals surface area contributed by atoms with Gasteiger partial charge in [0.15, 0.2) is 0 Å². The Hall–Kier alpha value is -4.42. The molecule has 0 radical (unpaired) electrons. The van der Waals surface area contributed by atoms with E-state index in [4.69, 9.17) is 9.56 Å². The van der Waals surface area contributed by atoms with Gasteiger partial charge in [-0.3, -0.25) is 14.8 Å². The lowest BCUT2D eigenvalue weighted by atomic mass is 10.2. The van der Waals surface area contributed by atoms with Crippen LogP contribution < -0.4 is 10.5 Å². The van der Waals surface area contributed by atoms with Crippen LogP contribution in [-0.2, 0) is 27.9 Å². The number of carbonyl (C=O) groups excluding carboxylic acids is 1. The van der Waals surface area contributed by atoms with Crippen LogP contribution in [0, 0.1) is 5.82 Å². The number of sulfonamides is 1. The number of hydrogen-bond donors (Lipinski definition) is 2. The zero-order valence-corrected chi connectivity index (χ0v) is 19.4. The molecule has 5 rings (SSSR count). The van der Waals surface area contributed by atoms with Crippen LogP contribution in [0.3, 0.4) is 0 Å². The lowest BCUT2D eigenvalue weighted by Gasteiger charge is -2.10. The molecule has 5 aromatic rings. The van der Waals surface area contributed by atoms with Gasteiger partial charge in [-0.25, -0.2) is 22.9 Å². The summed E-state index contributed by atoms with van der Waals surface area (Å²) in [5.74, 6) is -0.341. The minimum absolute atomic E-state index is 0.0365. The van der Waals surface area contributed by atoms with Gasteiger partial charge >= 0.3 is 0 Å². The van der Waals surface area contributed by atoms with Crippen LogP contribution in [-0.4, -0.2) is 33.8 Å². The molecule has 0 saturated carbocycles. The molecule has 0 saturated heterocycles. The Morgan fingerprint density at radius 1 is 1.06 bits per heavy atom. The summed E-state index contributed by atoms with van der Waals surface area (Å²) >= 11 is 0. The first kappa shape index (κ1) is 23.3. The van der Waals surface area contributed by atoms with Crippen molar-refractivity contribution in [3.8, 4) is 22.8 Å². The van der Waals surface area contributed by atoms with Crippen LogP contribution in [0.25, 0.3) is 33.7 Å². The van der Waals surface area contributed by atoms with Crippen molar-refractivity contribution >= 4 is 26.8 Å². The second-order valence-electron chi connectivity index (χ2n) is 7.90. The standard InChI is InChI=1S/C24H19FN6O4S/c25-17-2-6-21-16(9-17)10-22(24-27-7-8-35-24)31(21)14-23(32)30-12-18-3-1-15(11-28-18)20-5-4-19(13-29-20)36(26,33)34/h1-11,13H,12,14H2,(H,30,32)(H2,26,33,34). The highest BCUT2D eigenvalue weighted by Crippen LogP contribution is 2.28. The van der Waals surface area contributed by atoms with Crippen LogP contribution in [0.4, 0.5) is 4.39 Å². The average molecular weight is 507 g/mol. The molecule has 3 N–H and O–H groups in total. The smallest absolute Gasteiger partial charge is 0.243 e. The molecule has 0 spiro atoms. The summed E-state index contributed by atoms with van der Waals surface area (Å²) in [6, 6.07) is 12.5. The number of oxazole rings is 1. The molecule has 0 bridgehead atoms. The van der Waals surface area contributed by atoms with Crippen LogP contribution in [0.5, 0.6) is 0 Å². The molecule has 10 nitrogen and oxygen atoms in total. The van der Waals surface area contributed by atoms with Crippen LogP contribution >= 0.6 is 0 Å². The molecule has 1 amide bonds. The minimum atomic E-state index is -3.82. The van der Waals surface area contributed by atoms with E-state index in [1.165, 1.54) is 42.9 Å². The number of amides is 1. The number of aromatic nitrogens is 4. The molecular weight excluding hydrogens is 487 g/mol. The third kappa shape index (κ3) is 4.85. The van der Waals surface area contributed by atoms with Gasteiger partial charge in [-0.2, -0.15) is 0 Å². The number of nitrogens with zero attached hydrogens (tertiary/aromatic N) is 4. The fraction of sp³-hybridized carbons (Fsp3) is 0.0833. The van der Waals surface area contributed by atoms with Crippen molar-refractivity contribution in [1.82, 2.24) is 24.8 Å². The number of nitrogens with two attached hydrogens (primary N) is 1. The first-order valence-corrected chi connectivity index (χ1v) is 12.2. The van der Waals surface area contributed by atoms with Gasteiger partial charge in [-0.05, 0) is 48.5 Å². The number of carbonyl (C=O) groups is 1. The fourth-order valence-electron chi connectivity index (χ4n) is 3.73. The first-order valence-electron chi connectivity index (χ1n) is 10.7. The molecule has 12 heteroatoms. The van der Waals surface area contributed by atoms with Gasteiger partial charge in [0, 0.05) is 28.9 Å². The molecular formula is C24H19FN6O4S. The zero-order chi connectivity index (χ0) is 25.3. The van der Waals surface area contributed by atoms with E-state index in [-0.39, 0.29) is 29.7 Å². The molecule has 0 aliphatic rings. The summed E-state index contributed by atoms with van der Waals surface area (Å²) in [4.78, 5) is 25.3. The quantitative estimate of drug-likeness (QED) is 0.345. The molecule has 4 heterocycles. The van der Waals surface area contributed by atoms with Gasteiger partial charge in [0.2, 0.25) is 21.8 Å². The van der Waals surface area contributed by atoms with E-state index >= 15 is 0 Å². The molecule has 0 aliphatic heterocycles. The Morgan fingerprint density at radius 2 is 1.92 bits per heavy atom. The Bertz CT molecular complexity index is 1650. The molecule has 0 atom stereocenters. The Labute approximate surface area is 204 Å². The molecule has 36 heavy (non-hydrogen) atoms. The van der Waals surface area contributed by atoms with E-state index in [1.54, 1.807) is 35.0 Å². The van der Waals surface area contributed by atoms with E-state index in [9.17, 15) is 17.6 Å². The third-order valence-electron chi connectivity index (χ3n) is 5.47. The van der Waals surface area contributed by atoms with Gasteiger partial charge in [-0.15, -0.1) is 0 Å². The van der Waals surface area contributed by atoms with Crippen LogP contribution in [0.2, 0.25) is 0 Å². The highest BCUT2D eigenvalue weighted by atomic mass is 32.2. The molecule has 1 aromatic carbocycles. The predicted octanol–water partition coefficient (Wildman–Crippen LogP) is 2.86. The molecule has 0 unspecified atom stereocenters. The molecule has 0 fully saturated rings. The van der Waals surface area contributed by atoms with Crippen molar-refractivity contribution in [2.75, 3.05) is 0 Å². The maximum Gasteiger partial charge on any atom is 0.243 e. The lowest BCUT2D eigenvalue weighted by molar-refractivity contribution is -0.121. The van der Waals surface area contributed by atoms with Gasteiger partial charge in [0.1, 0.15) is 29.2 Å². The van der Waals surface area contributed by atoms with Crippen molar-refractivity contribution in [3.05, 3.63) is 84.9 Å². The summed E-state index contributed by atoms with van der Waals surface area (Å²) in [5.41, 5.74) is 3.04. The normalized spacial score (nSPS) is 11.6. The number of nitrogens with one attached hydrogen (secondary N) is 1. The summed E-state index contributed by atoms with van der Waals surface area (Å²) < 4.78 is 43.6. The van der Waals surface area contributed by atoms with Crippen LogP contribution in [0.1, 0.15) is 5.69 Å². The maximum absolute atomic E-state index is 13.7. The van der Waals surface area contributed by atoms with E-state index in [0.717, 1.165) is 0 Å². The average Bonchev–Trinajstić information content (AvgIpc) is 3.51. The Balaban J connectivity index is 1.28. The van der Waals surface area contributed by atoms with Crippen molar-refractivity contribution in [2.24, 2.45) is 5.14 Å². The van der Waals surface area contributed by atoms with E-state index < -0.39 is 10.0 Å². The number of benzene rings is 1. The van der Waals surface area contributed by atoms with E-state index in [2.05, 4.69) is 20.3 Å². The minimum Gasteiger partial charge on any atom is -0.443 e. The highest BCUT2D eigenvalue weighted by molar-refractivity contribution is 7.89. The number of fused-ring (bicyclic) bond motifs is 1. The topological polar surface area (TPSA) is 146 Å². The maximum atomic E-state index is 13.7. The second kappa shape index (κ2) is 9.32. The summed E-state index contributed by atoms with van der Waals surface area (Å²) in [6.07, 6.45) is 5.69. The summed E-state index contributed by atoms with van der Waals surface area (Å²) in [5, 5.41) is 8.54. The predicted molar refractivity (Wildman–Crippen MR) is 128 cm³/mol. The second-order valence-corrected chi connectivity index (χ2v) is 9.46. The number of pyridine rings is 2. The first-order chi connectivity index (χ1) is 17.3. The highest BCUT2D eigenvalue weighted by Gasteiger charge is 2.17. The largest absolute Gasteiger partial charge is 0.443 e. The van der Waals surface area contributed by atoms with Gasteiger partial charge in [-0.1, -0.05) is 0 Å². The fourth-order valence-corrected chi connectivity index (χ4v) is 4.19. The third-order valence-corrected chi connectivity index (χ3v) is 6.37. The Morgan fingerprint density at radius 3 is 2.58 bits per heavy atom.